The molecule has 1 spiro atoms. The smallest absolute Gasteiger partial charge is 0.249 e. The molecule has 194 valence electrons. The number of amides is 3. The Bertz CT molecular complexity index is 858. The number of carbonyl (C=O) groups excluding carboxylic acids is 3. The van der Waals surface area contributed by atoms with Crippen LogP contribution in [0.15, 0.2) is 24.3 Å². The maximum absolute atomic E-state index is 14.0. The van der Waals surface area contributed by atoms with E-state index in [4.69, 9.17) is 9.84 Å². The predicted molar refractivity (Wildman–Crippen MR) is 132 cm³/mol. The Morgan fingerprint density at radius 3 is 2.37 bits per heavy atom. The minimum atomic E-state index is -1.12. The number of ether oxygens (including phenoxy) is 1. The Kier molecular flexibility index (Phi) is 8.32. The van der Waals surface area contributed by atoms with Gasteiger partial charge in [-0.15, -0.1) is 0 Å². The van der Waals surface area contributed by atoms with Crippen molar-refractivity contribution >= 4 is 17.7 Å². The lowest BCUT2D eigenvalue weighted by atomic mass is 9.77. The molecular formula is C27H41N3O5. The van der Waals surface area contributed by atoms with Crippen molar-refractivity contribution in [2.24, 2.45) is 11.8 Å². The van der Waals surface area contributed by atoms with Crippen LogP contribution in [0.1, 0.15) is 58.8 Å². The average molecular weight is 488 g/mol. The second-order valence-corrected chi connectivity index (χ2v) is 10.3. The fraction of sp³-hybridized carbons (Fsp3) is 0.741. The van der Waals surface area contributed by atoms with Crippen LogP contribution in [0, 0.1) is 11.8 Å². The van der Waals surface area contributed by atoms with E-state index >= 15 is 0 Å². The fourth-order valence-electron chi connectivity index (χ4n) is 6.24. The van der Waals surface area contributed by atoms with Crippen LogP contribution >= 0.6 is 0 Å². The van der Waals surface area contributed by atoms with Crippen LogP contribution in [0.4, 0.5) is 0 Å². The average Bonchev–Trinajstić information content (AvgIpc) is 3.16. The van der Waals surface area contributed by atoms with Gasteiger partial charge in [0.1, 0.15) is 11.6 Å². The number of likely N-dealkylation sites (tertiary alicyclic amines) is 1. The Balaban J connectivity index is 1.68. The summed E-state index contributed by atoms with van der Waals surface area (Å²) in [5.74, 6) is -1.58. The molecule has 8 nitrogen and oxygen atoms in total. The number of rotatable bonds is 11. The summed E-state index contributed by atoms with van der Waals surface area (Å²) in [5.41, 5.74) is -1.12. The zero-order valence-electron chi connectivity index (χ0n) is 21.2. The lowest BCUT2D eigenvalue weighted by Gasteiger charge is -2.35. The van der Waals surface area contributed by atoms with Crippen molar-refractivity contribution in [3.63, 3.8) is 0 Å². The highest BCUT2D eigenvalue weighted by Crippen LogP contribution is 2.53. The first-order chi connectivity index (χ1) is 17.0. The molecule has 3 amide bonds. The fourth-order valence-corrected chi connectivity index (χ4v) is 6.24. The van der Waals surface area contributed by atoms with Gasteiger partial charge in [0.15, 0.2) is 0 Å². The zero-order valence-corrected chi connectivity index (χ0v) is 21.2. The van der Waals surface area contributed by atoms with Crippen molar-refractivity contribution in [2.75, 3.05) is 39.3 Å². The van der Waals surface area contributed by atoms with Crippen molar-refractivity contribution in [1.82, 2.24) is 14.7 Å². The molecule has 1 unspecified atom stereocenters. The number of aliphatic hydroxyl groups is 1. The first kappa shape index (κ1) is 25.9. The number of fused-ring (bicyclic) bond motifs is 2. The van der Waals surface area contributed by atoms with Gasteiger partial charge < -0.3 is 24.5 Å². The third kappa shape index (κ3) is 4.67. The minimum Gasteiger partial charge on any atom is -0.396 e. The summed E-state index contributed by atoms with van der Waals surface area (Å²) in [6, 6.07) is -0.749. The number of unbranched alkanes of at least 4 members (excludes halogenated alkanes) is 4. The molecule has 35 heavy (non-hydrogen) atoms. The summed E-state index contributed by atoms with van der Waals surface area (Å²) >= 11 is 0. The number of aliphatic hydroxyl groups excluding tert-OH is 1. The van der Waals surface area contributed by atoms with Gasteiger partial charge >= 0.3 is 0 Å². The van der Waals surface area contributed by atoms with Crippen LogP contribution in [-0.2, 0) is 19.1 Å². The van der Waals surface area contributed by atoms with Crippen LogP contribution in [0.3, 0.4) is 0 Å². The molecule has 8 heteroatoms. The molecule has 0 aromatic rings. The van der Waals surface area contributed by atoms with Gasteiger partial charge in [0, 0.05) is 39.3 Å². The molecule has 4 aliphatic rings. The van der Waals surface area contributed by atoms with E-state index in [0.717, 1.165) is 44.9 Å². The maximum atomic E-state index is 14.0. The van der Waals surface area contributed by atoms with E-state index in [1.54, 1.807) is 4.90 Å². The predicted octanol–water partition coefficient (Wildman–Crippen LogP) is 2.13. The molecule has 0 aromatic carbocycles. The second kappa shape index (κ2) is 11.2. The topological polar surface area (TPSA) is 90.4 Å². The minimum absolute atomic E-state index is 0.0476. The SMILES string of the molecule is CCCCN1CC=C[C@]23O[C@H]4C=CCN(CCC)C(=O)[C@H]4[C@H]2C(=O)N(CCCCCCO)C3C1=O. The maximum Gasteiger partial charge on any atom is 0.249 e. The van der Waals surface area contributed by atoms with Gasteiger partial charge in [0.25, 0.3) is 0 Å². The highest BCUT2D eigenvalue weighted by molar-refractivity contribution is 5.99. The van der Waals surface area contributed by atoms with Crippen LogP contribution in [0.25, 0.3) is 0 Å². The molecule has 0 aromatic heterocycles. The summed E-state index contributed by atoms with van der Waals surface area (Å²) in [5, 5.41) is 9.08. The Hall–Kier alpha value is -2.19. The molecule has 0 saturated carbocycles. The summed E-state index contributed by atoms with van der Waals surface area (Å²) in [7, 11) is 0. The summed E-state index contributed by atoms with van der Waals surface area (Å²) < 4.78 is 6.64. The molecule has 1 N–H and O–H groups in total. The second-order valence-electron chi connectivity index (χ2n) is 10.3. The largest absolute Gasteiger partial charge is 0.396 e. The van der Waals surface area contributed by atoms with Gasteiger partial charge in [-0.1, -0.05) is 57.4 Å². The molecule has 0 bridgehead atoms. The van der Waals surface area contributed by atoms with E-state index in [2.05, 4.69) is 6.92 Å². The van der Waals surface area contributed by atoms with E-state index in [9.17, 15) is 14.4 Å². The van der Waals surface area contributed by atoms with Crippen molar-refractivity contribution in [2.45, 2.75) is 76.5 Å². The van der Waals surface area contributed by atoms with Crippen molar-refractivity contribution in [3.05, 3.63) is 24.3 Å². The number of carbonyl (C=O) groups is 3. The molecule has 4 rings (SSSR count). The molecular weight excluding hydrogens is 446 g/mol. The van der Waals surface area contributed by atoms with Crippen LogP contribution in [-0.4, -0.2) is 94.6 Å². The third-order valence-corrected chi connectivity index (χ3v) is 7.91. The molecule has 0 aliphatic carbocycles. The van der Waals surface area contributed by atoms with Gasteiger partial charge in [0.05, 0.1) is 17.9 Å². The summed E-state index contributed by atoms with van der Waals surface area (Å²) in [6.45, 7) is 7.05. The molecule has 5 atom stereocenters. The Morgan fingerprint density at radius 2 is 1.63 bits per heavy atom. The Labute approximate surface area is 208 Å². The van der Waals surface area contributed by atoms with Gasteiger partial charge in [0.2, 0.25) is 17.7 Å². The molecule has 4 heterocycles. The molecule has 0 radical (unpaired) electrons. The van der Waals surface area contributed by atoms with Gasteiger partial charge in [-0.2, -0.15) is 0 Å². The van der Waals surface area contributed by atoms with Gasteiger partial charge in [-0.25, -0.2) is 0 Å². The van der Waals surface area contributed by atoms with E-state index < -0.39 is 29.6 Å². The number of hydrogen-bond donors (Lipinski definition) is 1. The lowest BCUT2D eigenvalue weighted by Crippen LogP contribution is -2.55. The standard InChI is InChI=1S/C27H41N3O5/c1-3-5-15-29-17-11-13-27-22(21-20(35-27)12-10-16-28(14-4-2)24(21)32)25(33)30(23(27)26(29)34)18-8-6-7-9-19-31/h10-13,20-23,31H,3-9,14-19H2,1-2H3/t20-,21+,22-,23?,27-/m0/s1. The molecule has 4 aliphatic heterocycles. The highest BCUT2D eigenvalue weighted by Gasteiger charge is 2.71. The monoisotopic (exact) mass is 487 g/mol. The zero-order chi connectivity index (χ0) is 25.0. The number of hydrogen-bond acceptors (Lipinski definition) is 5. The van der Waals surface area contributed by atoms with Crippen LogP contribution < -0.4 is 0 Å². The molecule has 2 fully saturated rings. The quantitative estimate of drug-likeness (QED) is 0.356. The third-order valence-electron chi connectivity index (χ3n) is 7.91. The summed E-state index contributed by atoms with van der Waals surface area (Å²) in [4.78, 5) is 47.0. The van der Waals surface area contributed by atoms with Gasteiger partial charge in [-0.05, 0) is 25.7 Å². The Morgan fingerprint density at radius 1 is 0.886 bits per heavy atom. The van der Waals surface area contributed by atoms with Crippen LogP contribution in [0.2, 0.25) is 0 Å². The normalized spacial score (nSPS) is 32.1. The van der Waals surface area contributed by atoms with E-state index in [0.29, 0.717) is 32.7 Å². The lowest BCUT2D eigenvalue weighted by molar-refractivity contribution is -0.148. The molecule has 2 saturated heterocycles. The van der Waals surface area contributed by atoms with Crippen molar-refractivity contribution in [3.8, 4) is 0 Å². The van der Waals surface area contributed by atoms with Crippen LogP contribution in [0.5, 0.6) is 0 Å². The van der Waals surface area contributed by atoms with E-state index in [-0.39, 0.29) is 24.3 Å². The van der Waals surface area contributed by atoms with Crippen molar-refractivity contribution in [1.29, 1.82) is 0 Å². The first-order valence-corrected chi connectivity index (χ1v) is 13.5. The first-order valence-electron chi connectivity index (χ1n) is 13.5. The summed E-state index contributed by atoms with van der Waals surface area (Å²) in [6.07, 6.45) is 13.2. The van der Waals surface area contributed by atoms with Gasteiger partial charge in [-0.3, -0.25) is 14.4 Å². The van der Waals surface area contributed by atoms with Crippen molar-refractivity contribution < 1.29 is 24.2 Å². The van der Waals surface area contributed by atoms with E-state index in [1.807, 2.05) is 41.0 Å². The van der Waals surface area contributed by atoms with E-state index in [1.165, 1.54) is 0 Å². The highest BCUT2D eigenvalue weighted by atomic mass is 16.5. The number of nitrogens with zero attached hydrogens (tertiary/aromatic N) is 3.